The number of carbonyl (C=O) groups is 3. The molecular weight excluding hydrogens is 360 g/mol. The maximum atomic E-state index is 12.6. The third-order valence-corrected chi connectivity index (χ3v) is 4.59. The van der Waals surface area contributed by atoms with Gasteiger partial charge in [-0.05, 0) is 37.5 Å². The first-order valence-electron chi connectivity index (χ1n) is 9.28. The molecule has 0 bridgehead atoms. The predicted octanol–water partition coefficient (Wildman–Crippen LogP) is 2.55. The normalized spacial score (nSPS) is 10.7. The summed E-state index contributed by atoms with van der Waals surface area (Å²) in [6, 6.07) is 7.12. The van der Waals surface area contributed by atoms with Crippen LogP contribution in [-0.2, 0) is 16.0 Å². The quantitative estimate of drug-likeness (QED) is 0.613. The fraction of sp³-hybridized carbons (Fsp3) is 0.400. The number of anilines is 1. The number of benzene rings is 1. The first-order valence-corrected chi connectivity index (χ1v) is 9.28. The molecule has 2 amide bonds. The third kappa shape index (κ3) is 5.42. The van der Waals surface area contributed by atoms with Crippen LogP contribution >= 0.6 is 0 Å². The number of carbonyl (C=O) groups excluding carboxylic acids is 2. The zero-order chi connectivity index (χ0) is 20.7. The first kappa shape index (κ1) is 21.1. The summed E-state index contributed by atoms with van der Waals surface area (Å²) in [4.78, 5) is 34.7. The van der Waals surface area contributed by atoms with E-state index in [0.717, 1.165) is 24.1 Å². The highest BCUT2D eigenvalue weighted by Crippen LogP contribution is 2.20. The lowest BCUT2D eigenvalue weighted by Crippen LogP contribution is -2.30. The Morgan fingerprint density at radius 2 is 1.79 bits per heavy atom. The second kappa shape index (κ2) is 9.68. The molecule has 0 aliphatic rings. The predicted molar refractivity (Wildman–Crippen MR) is 105 cm³/mol. The number of aromatic nitrogens is 2. The molecule has 0 saturated heterocycles. The topological polar surface area (TPSA) is 113 Å². The van der Waals surface area contributed by atoms with E-state index in [9.17, 15) is 14.4 Å². The molecule has 0 aliphatic heterocycles. The molecule has 0 spiro atoms. The molecule has 0 fully saturated rings. The summed E-state index contributed by atoms with van der Waals surface area (Å²) in [6.07, 6.45) is 3.55. The summed E-state index contributed by atoms with van der Waals surface area (Å²) in [5.74, 6) is -1.69. The fourth-order valence-electron chi connectivity index (χ4n) is 2.98. The van der Waals surface area contributed by atoms with Gasteiger partial charge < -0.3 is 15.7 Å². The molecule has 0 aliphatic carbocycles. The number of hydrogen-bond acceptors (Lipinski definition) is 4. The van der Waals surface area contributed by atoms with Crippen LogP contribution in [0.2, 0.25) is 0 Å². The van der Waals surface area contributed by atoms with Crippen molar-refractivity contribution in [3.63, 3.8) is 0 Å². The Hall–Kier alpha value is -3.16. The van der Waals surface area contributed by atoms with Crippen LogP contribution in [-0.4, -0.2) is 39.2 Å². The molecule has 2 aromatic rings. The van der Waals surface area contributed by atoms with Crippen molar-refractivity contribution >= 4 is 23.5 Å². The Labute approximate surface area is 163 Å². The van der Waals surface area contributed by atoms with Gasteiger partial charge in [0.2, 0.25) is 5.91 Å². The maximum Gasteiger partial charge on any atom is 0.322 e. The smallest absolute Gasteiger partial charge is 0.322 e. The van der Waals surface area contributed by atoms with Gasteiger partial charge in [-0.25, -0.2) is 0 Å². The van der Waals surface area contributed by atoms with E-state index < -0.39 is 12.5 Å². The average Bonchev–Trinajstić information content (AvgIpc) is 3.04. The molecule has 0 atom stereocenters. The van der Waals surface area contributed by atoms with E-state index >= 15 is 0 Å². The second-order valence-corrected chi connectivity index (χ2v) is 6.56. The van der Waals surface area contributed by atoms with E-state index in [4.69, 9.17) is 5.11 Å². The van der Waals surface area contributed by atoms with Crippen LogP contribution in [0.25, 0.3) is 0 Å². The van der Waals surface area contributed by atoms with Gasteiger partial charge in [-0.2, -0.15) is 5.10 Å². The molecule has 0 saturated carbocycles. The van der Waals surface area contributed by atoms with Crippen LogP contribution in [0.3, 0.4) is 0 Å². The van der Waals surface area contributed by atoms with E-state index in [2.05, 4.69) is 29.6 Å². The Kier molecular flexibility index (Phi) is 7.31. The highest BCUT2D eigenvalue weighted by atomic mass is 16.4. The first-order chi connectivity index (χ1) is 13.3. The molecule has 28 heavy (non-hydrogen) atoms. The number of carboxylic acid groups (broad SMARTS) is 1. The number of amides is 2. The summed E-state index contributed by atoms with van der Waals surface area (Å²) < 4.78 is 1.90. The molecule has 1 aromatic heterocycles. The van der Waals surface area contributed by atoms with Crippen LogP contribution in [0, 0.1) is 6.92 Å². The van der Waals surface area contributed by atoms with Crippen LogP contribution in [0.5, 0.6) is 0 Å². The van der Waals surface area contributed by atoms with E-state index in [-0.39, 0.29) is 24.3 Å². The minimum Gasteiger partial charge on any atom is -0.480 e. The number of rotatable bonds is 9. The van der Waals surface area contributed by atoms with Crippen molar-refractivity contribution in [2.45, 2.75) is 46.1 Å². The average molecular weight is 386 g/mol. The lowest BCUT2D eigenvalue weighted by atomic mass is 10.1. The number of nitrogens with one attached hydrogen (secondary N) is 2. The van der Waals surface area contributed by atoms with E-state index in [1.807, 2.05) is 11.6 Å². The van der Waals surface area contributed by atoms with Crippen LogP contribution in [0.1, 0.15) is 54.3 Å². The number of carboxylic acids is 1. The van der Waals surface area contributed by atoms with Crippen LogP contribution in [0.15, 0.2) is 30.5 Å². The lowest BCUT2D eigenvalue weighted by Gasteiger charge is -2.15. The second-order valence-electron chi connectivity index (χ2n) is 6.56. The van der Waals surface area contributed by atoms with Gasteiger partial charge in [0.25, 0.3) is 5.91 Å². The minimum atomic E-state index is -1.09. The van der Waals surface area contributed by atoms with Crippen molar-refractivity contribution in [1.82, 2.24) is 15.1 Å². The van der Waals surface area contributed by atoms with Crippen molar-refractivity contribution in [3.8, 4) is 0 Å². The highest BCUT2D eigenvalue weighted by molar-refractivity contribution is 6.04. The van der Waals surface area contributed by atoms with Gasteiger partial charge in [-0.1, -0.05) is 26.0 Å². The standard InChI is InChI=1S/C20H26N4O4/c1-4-16(5-2)24-13(3)17(11-22-24)20(28)23-15-8-6-14(7-9-15)10-18(25)21-12-19(26)27/h6-9,11,16H,4-5,10,12H2,1-3H3,(H,21,25)(H,23,28)(H,26,27). The number of aliphatic carboxylic acids is 1. The Balaban J connectivity index is 1.99. The zero-order valence-corrected chi connectivity index (χ0v) is 16.4. The largest absolute Gasteiger partial charge is 0.480 e. The van der Waals surface area contributed by atoms with Crippen molar-refractivity contribution < 1.29 is 19.5 Å². The molecule has 0 radical (unpaired) electrons. The summed E-state index contributed by atoms with van der Waals surface area (Å²) >= 11 is 0. The molecule has 1 heterocycles. The molecule has 8 nitrogen and oxygen atoms in total. The SMILES string of the molecule is CCC(CC)n1ncc(C(=O)Nc2ccc(CC(=O)NCC(=O)O)cc2)c1C. The van der Waals surface area contributed by atoms with Crippen LogP contribution in [0.4, 0.5) is 5.69 Å². The minimum absolute atomic E-state index is 0.0722. The summed E-state index contributed by atoms with van der Waals surface area (Å²) in [7, 11) is 0. The Bertz CT molecular complexity index is 838. The van der Waals surface area contributed by atoms with Crippen molar-refractivity contribution in [2.75, 3.05) is 11.9 Å². The molecule has 3 N–H and O–H groups in total. The Morgan fingerprint density at radius 3 is 2.36 bits per heavy atom. The molecule has 8 heteroatoms. The summed E-state index contributed by atoms with van der Waals surface area (Å²) in [6.45, 7) is 5.67. The van der Waals surface area contributed by atoms with E-state index in [1.165, 1.54) is 0 Å². The summed E-state index contributed by atoms with van der Waals surface area (Å²) in [5.41, 5.74) is 2.69. The van der Waals surface area contributed by atoms with Gasteiger partial charge in [-0.15, -0.1) is 0 Å². The highest BCUT2D eigenvalue weighted by Gasteiger charge is 2.18. The van der Waals surface area contributed by atoms with Gasteiger partial charge in [-0.3, -0.25) is 19.1 Å². The van der Waals surface area contributed by atoms with Crippen LogP contribution < -0.4 is 10.6 Å². The molecule has 150 valence electrons. The fourth-order valence-corrected chi connectivity index (χ4v) is 2.98. The maximum absolute atomic E-state index is 12.6. The van der Waals surface area contributed by atoms with Crippen molar-refractivity contribution in [1.29, 1.82) is 0 Å². The lowest BCUT2D eigenvalue weighted by molar-refractivity contribution is -0.137. The van der Waals surface area contributed by atoms with Gasteiger partial charge in [0.05, 0.1) is 24.2 Å². The van der Waals surface area contributed by atoms with Crippen molar-refractivity contribution in [3.05, 3.63) is 47.3 Å². The van der Waals surface area contributed by atoms with Gasteiger partial charge in [0, 0.05) is 11.4 Å². The zero-order valence-electron chi connectivity index (χ0n) is 16.4. The van der Waals surface area contributed by atoms with E-state index in [1.54, 1.807) is 30.5 Å². The molecule has 2 rings (SSSR count). The van der Waals surface area contributed by atoms with Gasteiger partial charge in [0.15, 0.2) is 0 Å². The molecule has 1 aromatic carbocycles. The number of hydrogen-bond donors (Lipinski definition) is 3. The third-order valence-electron chi connectivity index (χ3n) is 4.59. The monoisotopic (exact) mass is 386 g/mol. The van der Waals surface area contributed by atoms with E-state index in [0.29, 0.717) is 11.3 Å². The van der Waals surface area contributed by atoms with Crippen molar-refractivity contribution in [2.24, 2.45) is 0 Å². The molecule has 0 unspecified atom stereocenters. The molecular formula is C20H26N4O4. The summed E-state index contributed by atoms with van der Waals surface area (Å²) in [5, 5.41) is 18.1. The Morgan fingerprint density at radius 1 is 1.14 bits per heavy atom. The van der Waals surface area contributed by atoms with Gasteiger partial charge in [0.1, 0.15) is 6.54 Å². The number of nitrogens with zero attached hydrogens (tertiary/aromatic N) is 2. The van der Waals surface area contributed by atoms with Gasteiger partial charge >= 0.3 is 5.97 Å².